The highest BCUT2D eigenvalue weighted by Gasteiger charge is 2.40. The van der Waals surface area contributed by atoms with Gasteiger partial charge in [0, 0.05) is 43.7 Å². The largest absolute Gasteiger partial charge is 0.309 e. The monoisotopic (exact) mass is 870 g/mol. The molecular formula is C62H38N4O2. The second-order valence-electron chi connectivity index (χ2n) is 17.6. The van der Waals surface area contributed by atoms with Gasteiger partial charge in [0.2, 0.25) is 0 Å². The molecule has 318 valence electrons. The second-order valence-corrected chi connectivity index (χ2v) is 17.6. The Morgan fingerprint density at radius 1 is 0.265 bits per heavy atom. The van der Waals surface area contributed by atoms with Crippen molar-refractivity contribution in [3.05, 3.63) is 242 Å². The van der Waals surface area contributed by atoms with Gasteiger partial charge in [-0.1, -0.05) is 140 Å². The van der Waals surface area contributed by atoms with Crippen LogP contribution in [0.5, 0.6) is 0 Å². The lowest BCUT2D eigenvalue weighted by molar-refractivity contribution is 0.0926. The van der Waals surface area contributed by atoms with Gasteiger partial charge in [0.15, 0.2) is 0 Å². The molecule has 13 aromatic rings. The second kappa shape index (κ2) is 14.6. The number of carbonyl (C=O) groups is 2. The van der Waals surface area contributed by atoms with Crippen LogP contribution in [0.3, 0.4) is 0 Å². The third-order valence-corrected chi connectivity index (χ3v) is 13.9. The summed E-state index contributed by atoms with van der Waals surface area (Å²) in [6.45, 7) is 0. The SMILES string of the molecule is O=C1c2cccc(-n3c4ccc(-n5c6ccccc6c6ccccc65)cc4c4cc(-n5c6ccccc6c6ccccc65)ccc43)c2C(=O)N1c1cc(-c2ccccc2)cc(-c2ccccc2)c1. The van der Waals surface area contributed by atoms with E-state index in [0.29, 0.717) is 22.5 Å². The van der Waals surface area contributed by atoms with Crippen LogP contribution in [0, 0.1) is 0 Å². The van der Waals surface area contributed by atoms with E-state index in [2.05, 4.69) is 177 Å². The normalized spacial score (nSPS) is 12.7. The number of fused-ring (bicyclic) bond motifs is 10. The van der Waals surface area contributed by atoms with Crippen LogP contribution in [0.25, 0.3) is 105 Å². The van der Waals surface area contributed by atoms with E-state index in [-0.39, 0.29) is 11.8 Å². The number of hydrogen-bond acceptors (Lipinski definition) is 2. The number of anilines is 1. The fourth-order valence-corrected chi connectivity index (χ4v) is 11.0. The summed E-state index contributed by atoms with van der Waals surface area (Å²) in [5.74, 6) is -0.706. The predicted octanol–water partition coefficient (Wildman–Crippen LogP) is 15.1. The third kappa shape index (κ3) is 5.52. The quantitative estimate of drug-likeness (QED) is 0.156. The lowest BCUT2D eigenvalue weighted by atomic mass is 9.97. The number of carbonyl (C=O) groups excluding carboxylic acids is 2. The van der Waals surface area contributed by atoms with Crippen molar-refractivity contribution < 1.29 is 9.59 Å². The molecule has 68 heavy (non-hydrogen) atoms. The van der Waals surface area contributed by atoms with Crippen LogP contribution >= 0.6 is 0 Å². The van der Waals surface area contributed by atoms with Crippen LogP contribution in [-0.2, 0) is 0 Å². The average Bonchev–Trinajstić information content (AvgIpc) is 4.10. The first-order chi connectivity index (χ1) is 33.6. The molecule has 6 nitrogen and oxygen atoms in total. The van der Waals surface area contributed by atoms with Crippen molar-refractivity contribution in [2.75, 3.05) is 4.90 Å². The van der Waals surface area contributed by atoms with Gasteiger partial charge in [-0.05, 0) is 113 Å². The summed E-state index contributed by atoms with van der Waals surface area (Å²) >= 11 is 0. The first kappa shape index (κ1) is 38.1. The van der Waals surface area contributed by atoms with Crippen molar-refractivity contribution in [3.63, 3.8) is 0 Å². The van der Waals surface area contributed by atoms with Gasteiger partial charge in [-0.25, -0.2) is 4.90 Å². The van der Waals surface area contributed by atoms with Gasteiger partial charge in [-0.2, -0.15) is 0 Å². The van der Waals surface area contributed by atoms with Crippen LogP contribution in [0.2, 0.25) is 0 Å². The third-order valence-electron chi connectivity index (χ3n) is 13.9. The number of aromatic nitrogens is 3. The number of para-hydroxylation sites is 4. The minimum Gasteiger partial charge on any atom is -0.309 e. The molecule has 0 aliphatic carbocycles. The Kier molecular flexibility index (Phi) is 8.18. The lowest BCUT2D eigenvalue weighted by Gasteiger charge is -2.18. The van der Waals surface area contributed by atoms with E-state index in [0.717, 1.165) is 77.5 Å². The van der Waals surface area contributed by atoms with Crippen molar-refractivity contribution in [1.82, 2.24) is 13.7 Å². The van der Waals surface area contributed by atoms with Crippen molar-refractivity contribution in [2.45, 2.75) is 0 Å². The standard InChI is InChI=1S/C62H38N4O2/c67-61-50-24-15-29-59(60(50)62(68)65(61)45-35-41(39-16-3-1-4-17-39)34-42(36-45)40-18-5-2-6-19-40)66-57-32-30-43(63-53-25-11-7-20-46(53)47-21-8-12-26-54(47)63)37-51(57)52-38-44(31-33-58(52)66)64-55-27-13-9-22-48(55)49-23-10-14-28-56(49)64/h1-38H. The van der Waals surface area contributed by atoms with Gasteiger partial charge in [0.05, 0.1) is 55.6 Å². The van der Waals surface area contributed by atoms with Gasteiger partial charge in [0.1, 0.15) is 0 Å². The summed E-state index contributed by atoms with van der Waals surface area (Å²) in [4.78, 5) is 31.5. The summed E-state index contributed by atoms with van der Waals surface area (Å²) < 4.78 is 6.87. The zero-order chi connectivity index (χ0) is 45.0. The Hall–Kier alpha value is -9.26. The van der Waals surface area contributed by atoms with E-state index in [4.69, 9.17) is 0 Å². The highest BCUT2D eigenvalue weighted by atomic mass is 16.2. The van der Waals surface area contributed by atoms with E-state index in [1.165, 1.54) is 26.4 Å². The van der Waals surface area contributed by atoms with Gasteiger partial charge in [0.25, 0.3) is 11.8 Å². The van der Waals surface area contributed by atoms with E-state index >= 15 is 4.79 Å². The molecule has 14 rings (SSSR count). The maximum atomic E-state index is 15.3. The summed E-state index contributed by atoms with van der Waals surface area (Å²) in [6, 6.07) is 79.4. The van der Waals surface area contributed by atoms with Crippen LogP contribution in [-0.4, -0.2) is 25.5 Å². The molecule has 0 radical (unpaired) electrons. The number of benzene rings is 10. The molecule has 1 aliphatic heterocycles. The van der Waals surface area contributed by atoms with Crippen molar-refractivity contribution >= 4 is 82.9 Å². The number of nitrogens with zero attached hydrogens (tertiary/aromatic N) is 4. The maximum Gasteiger partial charge on any atom is 0.268 e. The number of hydrogen-bond donors (Lipinski definition) is 0. The Morgan fingerprint density at radius 3 is 1.13 bits per heavy atom. The molecule has 2 amide bonds. The summed E-state index contributed by atoms with van der Waals surface area (Å²) in [5, 5.41) is 6.82. The van der Waals surface area contributed by atoms with Gasteiger partial charge in [-0.3, -0.25) is 9.59 Å². The molecule has 0 fully saturated rings. The molecule has 0 unspecified atom stereocenters. The topological polar surface area (TPSA) is 52.2 Å². The Labute approximate surface area is 390 Å². The fourth-order valence-electron chi connectivity index (χ4n) is 11.0. The average molecular weight is 871 g/mol. The van der Waals surface area contributed by atoms with Crippen LogP contribution in [0.1, 0.15) is 20.7 Å². The fraction of sp³-hybridized carbons (Fsp3) is 0. The minimum atomic E-state index is -0.358. The smallest absolute Gasteiger partial charge is 0.268 e. The molecule has 0 saturated carbocycles. The van der Waals surface area contributed by atoms with Crippen molar-refractivity contribution in [3.8, 4) is 39.3 Å². The first-order valence-electron chi connectivity index (χ1n) is 22.9. The maximum absolute atomic E-state index is 15.3. The Bertz CT molecular complexity index is 3920. The molecule has 6 heteroatoms. The molecule has 10 aromatic carbocycles. The Morgan fingerprint density at radius 2 is 0.676 bits per heavy atom. The molecule has 0 atom stereocenters. The van der Waals surface area contributed by atoms with Crippen LogP contribution in [0.4, 0.5) is 5.69 Å². The molecule has 3 aromatic heterocycles. The number of rotatable bonds is 6. The number of imide groups is 1. The lowest BCUT2D eigenvalue weighted by Crippen LogP contribution is -2.29. The highest BCUT2D eigenvalue weighted by Crippen LogP contribution is 2.43. The van der Waals surface area contributed by atoms with E-state index in [9.17, 15) is 4.79 Å². The summed E-state index contributed by atoms with van der Waals surface area (Å²) in [6.07, 6.45) is 0. The van der Waals surface area contributed by atoms with E-state index in [1.54, 1.807) is 6.07 Å². The highest BCUT2D eigenvalue weighted by molar-refractivity contribution is 6.36. The molecule has 1 aliphatic rings. The van der Waals surface area contributed by atoms with Gasteiger partial charge in [-0.15, -0.1) is 0 Å². The van der Waals surface area contributed by atoms with Gasteiger partial charge >= 0.3 is 0 Å². The molecular weight excluding hydrogens is 833 g/mol. The first-order valence-corrected chi connectivity index (χ1v) is 22.9. The summed E-state index contributed by atoms with van der Waals surface area (Å²) in [5.41, 5.74) is 14.1. The minimum absolute atomic E-state index is 0.348. The molecule has 0 spiro atoms. The van der Waals surface area contributed by atoms with Crippen molar-refractivity contribution in [1.29, 1.82) is 0 Å². The zero-order valence-corrected chi connectivity index (χ0v) is 36.5. The molecule has 0 saturated heterocycles. The van der Waals surface area contributed by atoms with Crippen LogP contribution < -0.4 is 4.90 Å². The predicted molar refractivity (Wildman–Crippen MR) is 278 cm³/mol. The molecule has 0 N–H and O–H groups in total. The van der Waals surface area contributed by atoms with Gasteiger partial charge < -0.3 is 13.7 Å². The van der Waals surface area contributed by atoms with E-state index < -0.39 is 0 Å². The van der Waals surface area contributed by atoms with E-state index in [1.807, 2.05) is 60.7 Å². The number of amides is 2. The molecule has 0 bridgehead atoms. The summed E-state index contributed by atoms with van der Waals surface area (Å²) in [7, 11) is 0. The zero-order valence-electron chi connectivity index (χ0n) is 36.5. The van der Waals surface area contributed by atoms with Crippen LogP contribution in [0.15, 0.2) is 231 Å². The molecule has 4 heterocycles. The Balaban J connectivity index is 1.00. The van der Waals surface area contributed by atoms with Crippen molar-refractivity contribution in [2.24, 2.45) is 0 Å².